The van der Waals surface area contributed by atoms with Crippen LogP contribution in [0.2, 0.25) is 0 Å². The lowest BCUT2D eigenvalue weighted by molar-refractivity contribution is -0.121. The van der Waals surface area contributed by atoms with Crippen molar-refractivity contribution in [1.29, 1.82) is 0 Å². The maximum atomic E-state index is 11.6. The Balaban J connectivity index is 1.78. The molecular formula is C15H17N3O. The zero-order valence-electron chi connectivity index (χ0n) is 10.8. The molecule has 0 fully saturated rings. The Hall–Kier alpha value is -2.28. The van der Waals surface area contributed by atoms with Gasteiger partial charge in [-0.05, 0) is 25.0 Å². The fraction of sp³-hybridized carbons (Fsp3) is 0.333. The molecule has 19 heavy (non-hydrogen) atoms. The number of aromatic amines is 1. The number of benzene rings is 1. The molecule has 1 heterocycles. The molecule has 98 valence electrons. The number of hydrogen-bond donors (Lipinski definition) is 2. The number of nitrogens with one attached hydrogen (secondary N) is 2. The van der Waals surface area contributed by atoms with Crippen LogP contribution in [0.1, 0.15) is 31.5 Å². The monoisotopic (exact) mass is 255 g/mol. The molecule has 1 aromatic heterocycles. The number of rotatable bonds is 6. The molecule has 2 N–H and O–H groups in total. The second-order valence-electron chi connectivity index (χ2n) is 4.39. The van der Waals surface area contributed by atoms with Gasteiger partial charge in [-0.2, -0.15) is 0 Å². The van der Waals surface area contributed by atoms with E-state index in [2.05, 4.69) is 21.2 Å². The molecule has 1 amide bonds. The Labute approximate surface area is 112 Å². The maximum Gasteiger partial charge on any atom is 0.220 e. The number of imidazole rings is 1. The molecule has 4 heteroatoms. The highest BCUT2D eigenvalue weighted by Gasteiger charge is 2.04. The highest BCUT2D eigenvalue weighted by atomic mass is 16.1. The number of amides is 1. The van der Waals surface area contributed by atoms with Gasteiger partial charge in [0.05, 0.1) is 17.6 Å². The van der Waals surface area contributed by atoms with Gasteiger partial charge in [-0.15, -0.1) is 12.3 Å². The van der Waals surface area contributed by atoms with Crippen LogP contribution >= 0.6 is 0 Å². The topological polar surface area (TPSA) is 57.8 Å². The molecule has 0 atom stereocenters. The summed E-state index contributed by atoms with van der Waals surface area (Å²) < 4.78 is 0. The van der Waals surface area contributed by atoms with Crippen LogP contribution in [0.5, 0.6) is 0 Å². The van der Waals surface area contributed by atoms with Crippen molar-refractivity contribution in [2.24, 2.45) is 0 Å². The quantitative estimate of drug-likeness (QED) is 0.615. The summed E-state index contributed by atoms with van der Waals surface area (Å²) in [6.45, 7) is 0.433. The van der Waals surface area contributed by atoms with Gasteiger partial charge in [0.1, 0.15) is 5.82 Å². The normalized spacial score (nSPS) is 10.3. The van der Waals surface area contributed by atoms with Crippen molar-refractivity contribution in [3.8, 4) is 12.3 Å². The van der Waals surface area contributed by atoms with E-state index in [-0.39, 0.29) is 5.91 Å². The van der Waals surface area contributed by atoms with E-state index in [1.807, 2.05) is 24.3 Å². The highest BCUT2D eigenvalue weighted by molar-refractivity contribution is 5.76. The molecule has 2 rings (SSSR count). The zero-order valence-corrected chi connectivity index (χ0v) is 10.8. The van der Waals surface area contributed by atoms with E-state index in [0.29, 0.717) is 13.0 Å². The van der Waals surface area contributed by atoms with Gasteiger partial charge >= 0.3 is 0 Å². The fourth-order valence-electron chi connectivity index (χ4n) is 1.87. The predicted octanol–water partition coefficient (Wildman–Crippen LogP) is 2.37. The molecule has 0 spiro atoms. The maximum absolute atomic E-state index is 11.6. The van der Waals surface area contributed by atoms with Gasteiger partial charge < -0.3 is 10.3 Å². The van der Waals surface area contributed by atoms with Crippen molar-refractivity contribution in [3.05, 3.63) is 30.1 Å². The zero-order chi connectivity index (χ0) is 13.5. The van der Waals surface area contributed by atoms with Gasteiger partial charge in [-0.3, -0.25) is 4.79 Å². The van der Waals surface area contributed by atoms with Gasteiger partial charge in [-0.25, -0.2) is 4.98 Å². The molecule has 2 aromatic rings. The van der Waals surface area contributed by atoms with E-state index in [9.17, 15) is 4.79 Å². The molecule has 0 saturated heterocycles. The molecule has 0 aliphatic heterocycles. The Morgan fingerprint density at radius 3 is 3.00 bits per heavy atom. The lowest BCUT2D eigenvalue weighted by Crippen LogP contribution is -2.22. The van der Waals surface area contributed by atoms with Gasteiger partial charge in [0.2, 0.25) is 5.91 Å². The van der Waals surface area contributed by atoms with E-state index in [1.54, 1.807) is 0 Å². The number of carbonyl (C=O) groups is 1. The number of hydrogen-bond acceptors (Lipinski definition) is 2. The minimum atomic E-state index is 0.0393. The number of nitrogens with zero attached hydrogens (tertiary/aromatic N) is 1. The van der Waals surface area contributed by atoms with Crippen LogP contribution in [-0.4, -0.2) is 15.9 Å². The van der Waals surface area contributed by atoms with Gasteiger partial charge in [0.15, 0.2) is 0 Å². The molecule has 0 radical (unpaired) electrons. The van der Waals surface area contributed by atoms with E-state index >= 15 is 0 Å². The summed E-state index contributed by atoms with van der Waals surface area (Å²) in [5, 5.41) is 2.85. The third-order valence-corrected chi connectivity index (χ3v) is 2.87. The largest absolute Gasteiger partial charge is 0.349 e. The SMILES string of the molecule is C#CCCCCC(=O)NCc1nc2ccccc2[nH]1. The number of carbonyl (C=O) groups excluding carboxylic acids is 1. The third kappa shape index (κ3) is 3.85. The Bertz CT molecular complexity index is 562. The van der Waals surface area contributed by atoms with Crippen molar-refractivity contribution in [3.63, 3.8) is 0 Å². The summed E-state index contributed by atoms with van der Waals surface area (Å²) >= 11 is 0. The molecule has 0 aliphatic carbocycles. The first-order valence-corrected chi connectivity index (χ1v) is 6.43. The summed E-state index contributed by atoms with van der Waals surface area (Å²) in [6.07, 6.45) is 8.13. The standard InChI is InChI=1S/C15H17N3O/c1-2-3-4-5-10-15(19)16-11-14-17-12-8-6-7-9-13(12)18-14/h1,6-9H,3-5,10-11H2,(H,16,19)(H,17,18). The minimum absolute atomic E-state index is 0.0393. The number of aromatic nitrogens is 2. The van der Waals surface area contributed by atoms with E-state index in [0.717, 1.165) is 36.1 Å². The molecule has 0 aliphatic rings. The van der Waals surface area contributed by atoms with Crippen molar-refractivity contribution < 1.29 is 4.79 Å². The van der Waals surface area contributed by atoms with Gasteiger partial charge in [-0.1, -0.05) is 12.1 Å². The van der Waals surface area contributed by atoms with Crippen LogP contribution in [0.3, 0.4) is 0 Å². The smallest absolute Gasteiger partial charge is 0.220 e. The third-order valence-electron chi connectivity index (χ3n) is 2.87. The average Bonchev–Trinajstić information content (AvgIpc) is 2.84. The van der Waals surface area contributed by atoms with E-state index in [4.69, 9.17) is 6.42 Å². The predicted molar refractivity (Wildman–Crippen MR) is 75.2 cm³/mol. The van der Waals surface area contributed by atoms with Crippen LogP contribution in [0.25, 0.3) is 11.0 Å². The van der Waals surface area contributed by atoms with Crippen molar-refractivity contribution >= 4 is 16.9 Å². The number of H-pyrrole nitrogens is 1. The summed E-state index contributed by atoms with van der Waals surface area (Å²) in [7, 11) is 0. The first-order chi connectivity index (χ1) is 9.29. The molecule has 4 nitrogen and oxygen atoms in total. The van der Waals surface area contributed by atoms with Crippen molar-refractivity contribution in [1.82, 2.24) is 15.3 Å². The summed E-state index contributed by atoms with van der Waals surface area (Å²) in [5.74, 6) is 3.38. The van der Waals surface area contributed by atoms with E-state index < -0.39 is 0 Å². The Kier molecular flexibility index (Phi) is 4.57. The van der Waals surface area contributed by atoms with Crippen molar-refractivity contribution in [2.75, 3.05) is 0 Å². The second kappa shape index (κ2) is 6.60. The van der Waals surface area contributed by atoms with E-state index in [1.165, 1.54) is 0 Å². The fourth-order valence-corrected chi connectivity index (χ4v) is 1.87. The average molecular weight is 255 g/mol. The van der Waals surface area contributed by atoms with Crippen LogP contribution in [-0.2, 0) is 11.3 Å². The Morgan fingerprint density at radius 2 is 2.21 bits per heavy atom. The summed E-state index contributed by atoms with van der Waals surface area (Å²) in [6, 6.07) is 7.80. The molecule has 0 bridgehead atoms. The summed E-state index contributed by atoms with van der Waals surface area (Å²) in [5.41, 5.74) is 1.90. The number of para-hydroxylation sites is 2. The van der Waals surface area contributed by atoms with Crippen LogP contribution in [0, 0.1) is 12.3 Å². The number of fused-ring (bicyclic) bond motifs is 1. The molecule has 0 saturated carbocycles. The molecule has 0 unspecified atom stereocenters. The lowest BCUT2D eigenvalue weighted by atomic mass is 10.2. The Morgan fingerprint density at radius 1 is 1.37 bits per heavy atom. The first-order valence-electron chi connectivity index (χ1n) is 6.43. The lowest BCUT2D eigenvalue weighted by Gasteiger charge is -2.02. The van der Waals surface area contributed by atoms with Crippen LogP contribution in [0.4, 0.5) is 0 Å². The van der Waals surface area contributed by atoms with Crippen molar-refractivity contribution in [2.45, 2.75) is 32.2 Å². The van der Waals surface area contributed by atoms with Gasteiger partial charge in [0.25, 0.3) is 0 Å². The van der Waals surface area contributed by atoms with Crippen LogP contribution in [0.15, 0.2) is 24.3 Å². The van der Waals surface area contributed by atoms with Crippen LogP contribution < -0.4 is 5.32 Å². The number of terminal acetylenes is 1. The second-order valence-corrected chi connectivity index (χ2v) is 4.39. The molecular weight excluding hydrogens is 238 g/mol. The minimum Gasteiger partial charge on any atom is -0.349 e. The molecule has 1 aromatic carbocycles. The number of unbranched alkanes of at least 4 members (excludes halogenated alkanes) is 2. The first kappa shape index (κ1) is 13.2. The van der Waals surface area contributed by atoms with Gasteiger partial charge in [0, 0.05) is 12.8 Å². The summed E-state index contributed by atoms with van der Waals surface area (Å²) in [4.78, 5) is 19.2. The highest BCUT2D eigenvalue weighted by Crippen LogP contribution is 2.10.